The molecule has 0 bridgehead atoms. The fourth-order valence-corrected chi connectivity index (χ4v) is 1.71. The van der Waals surface area contributed by atoms with E-state index in [4.69, 9.17) is 0 Å². The minimum atomic E-state index is -0.265. The van der Waals surface area contributed by atoms with Gasteiger partial charge in [-0.2, -0.15) is 11.3 Å². The van der Waals surface area contributed by atoms with Gasteiger partial charge in [0.25, 0.3) is 0 Å². The number of carbonyl (C=O) groups excluding carboxylic acids is 3. The summed E-state index contributed by atoms with van der Waals surface area (Å²) in [4.78, 5) is 30.2. The van der Waals surface area contributed by atoms with Gasteiger partial charge >= 0.3 is 5.97 Å². The van der Waals surface area contributed by atoms with Crippen molar-refractivity contribution in [3.63, 3.8) is 0 Å². The average Bonchev–Trinajstić information content (AvgIpc) is 2.99. The van der Waals surface area contributed by atoms with E-state index < -0.39 is 0 Å². The minimum Gasteiger partial charge on any atom is -0.469 e. The first-order valence-corrected chi connectivity index (χ1v) is 8.26. The molecule has 5 nitrogen and oxygen atoms in total. The molecule has 22 heavy (non-hydrogen) atoms. The highest BCUT2D eigenvalue weighted by atomic mass is 32.1. The number of ether oxygens (including phenoxy) is 1. The first kappa shape index (κ1) is 22.6. The van der Waals surface area contributed by atoms with Gasteiger partial charge in [0.1, 0.15) is 6.29 Å². The van der Waals surface area contributed by atoms with E-state index in [0.29, 0.717) is 6.29 Å². The maximum Gasteiger partial charge on any atom is 0.302 e. The standard InChI is InChI=1S/C7H7NO2S.C6H14.C3H6O2/c9-3-1-7(10)8-6-2-4-11-5-6;1-3-5-6-4-2;1-3(4)5-2/h2-5H,1H2,(H,8,10);3-6H2,1-2H3;1-2H3. The summed E-state index contributed by atoms with van der Waals surface area (Å²) in [6, 6.07) is 1.79. The summed E-state index contributed by atoms with van der Waals surface area (Å²) < 4.78 is 4.11. The van der Waals surface area contributed by atoms with Crippen molar-refractivity contribution < 1.29 is 19.1 Å². The van der Waals surface area contributed by atoms with Crippen molar-refractivity contribution in [2.45, 2.75) is 52.9 Å². The quantitative estimate of drug-likeness (QED) is 0.370. The molecule has 126 valence electrons. The number of aldehydes is 1. The van der Waals surface area contributed by atoms with Crippen LogP contribution in [0.2, 0.25) is 0 Å². The summed E-state index contributed by atoms with van der Waals surface area (Å²) in [5.74, 6) is -0.511. The van der Waals surface area contributed by atoms with Crippen molar-refractivity contribution in [3.05, 3.63) is 16.8 Å². The van der Waals surface area contributed by atoms with Crippen molar-refractivity contribution in [1.29, 1.82) is 0 Å². The predicted molar refractivity (Wildman–Crippen MR) is 91.1 cm³/mol. The van der Waals surface area contributed by atoms with Crippen LogP contribution in [-0.4, -0.2) is 25.3 Å². The number of rotatable bonds is 6. The van der Waals surface area contributed by atoms with Crippen LogP contribution in [0.15, 0.2) is 16.8 Å². The highest BCUT2D eigenvalue weighted by Crippen LogP contribution is 2.11. The molecule has 1 aromatic heterocycles. The van der Waals surface area contributed by atoms with Crippen molar-refractivity contribution in [2.75, 3.05) is 12.4 Å². The third kappa shape index (κ3) is 18.3. The topological polar surface area (TPSA) is 72.5 Å². The molecular formula is C16H27NO4S. The summed E-state index contributed by atoms with van der Waals surface area (Å²) in [6.07, 6.45) is 6.05. The van der Waals surface area contributed by atoms with Gasteiger partial charge in [0.05, 0.1) is 19.2 Å². The van der Waals surface area contributed by atoms with Crippen LogP contribution >= 0.6 is 11.3 Å². The van der Waals surface area contributed by atoms with Crippen LogP contribution in [0.3, 0.4) is 0 Å². The summed E-state index contributed by atoms with van der Waals surface area (Å²) in [5.41, 5.74) is 0.752. The number of unbranched alkanes of at least 4 members (excludes halogenated alkanes) is 3. The van der Waals surface area contributed by atoms with Crippen LogP contribution in [0, 0.1) is 0 Å². The first-order valence-electron chi connectivity index (χ1n) is 7.31. The predicted octanol–water partition coefficient (Wildman–Crippen LogP) is 4.04. The zero-order chi connectivity index (χ0) is 17.2. The lowest BCUT2D eigenvalue weighted by atomic mass is 10.2. The van der Waals surface area contributed by atoms with Gasteiger partial charge in [-0.25, -0.2) is 0 Å². The largest absolute Gasteiger partial charge is 0.469 e. The second-order valence-electron chi connectivity index (χ2n) is 4.33. The molecule has 0 aliphatic rings. The molecule has 1 amide bonds. The van der Waals surface area contributed by atoms with E-state index in [0.717, 1.165) is 5.69 Å². The molecule has 0 spiro atoms. The van der Waals surface area contributed by atoms with Gasteiger partial charge in [0.15, 0.2) is 0 Å². The lowest BCUT2D eigenvalue weighted by Crippen LogP contribution is -2.10. The van der Waals surface area contributed by atoms with E-state index in [1.807, 2.05) is 10.8 Å². The number of hydrogen-bond donors (Lipinski definition) is 1. The molecule has 0 aliphatic carbocycles. The number of amides is 1. The van der Waals surface area contributed by atoms with Crippen LogP contribution in [0.25, 0.3) is 0 Å². The molecule has 1 heterocycles. The van der Waals surface area contributed by atoms with Gasteiger partial charge in [0, 0.05) is 12.3 Å². The molecule has 0 aliphatic heterocycles. The maximum atomic E-state index is 10.8. The Labute approximate surface area is 137 Å². The Morgan fingerprint density at radius 3 is 2.14 bits per heavy atom. The lowest BCUT2D eigenvalue weighted by molar-refractivity contribution is -0.138. The van der Waals surface area contributed by atoms with Crippen molar-refractivity contribution >= 4 is 35.2 Å². The molecule has 1 N–H and O–H groups in total. The summed E-state index contributed by atoms with van der Waals surface area (Å²) in [5, 5.41) is 6.23. The molecule has 0 saturated heterocycles. The van der Waals surface area contributed by atoms with Crippen molar-refractivity contribution in [3.8, 4) is 0 Å². The van der Waals surface area contributed by atoms with E-state index in [1.54, 1.807) is 6.07 Å². The van der Waals surface area contributed by atoms with Crippen LogP contribution in [0.5, 0.6) is 0 Å². The third-order valence-electron chi connectivity index (χ3n) is 2.32. The van der Waals surface area contributed by atoms with Gasteiger partial charge in [-0.05, 0) is 11.4 Å². The van der Waals surface area contributed by atoms with E-state index >= 15 is 0 Å². The minimum absolute atomic E-state index is 0.0736. The fourth-order valence-electron chi connectivity index (χ4n) is 1.12. The van der Waals surface area contributed by atoms with E-state index in [1.165, 1.54) is 51.1 Å². The highest BCUT2D eigenvalue weighted by Gasteiger charge is 1.99. The van der Waals surface area contributed by atoms with Crippen LogP contribution in [-0.2, 0) is 19.1 Å². The second-order valence-corrected chi connectivity index (χ2v) is 5.11. The van der Waals surface area contributed by atoms with Gasteiger partial charge in [0.2, 0.25) is 5.91 Å². The first-order chi connectivity index (χ1) is 10.5. The number of thiophene rings is 1. The van der Waals surface area contributed by atoms with Crippen molar-refractivity contribution in [1.82, 2.24) is 0 Å². The van der Waals surface area contributed by atoms with Crippen molar-refractivity contribution in [2.24, 2.45) is 0 Å². The maximum absolute atomic E-state index is 10.8. The number of esters is 1. The Morgan fingerprint density at radius 2 is 1.82 bits per heavy atom. The Morgan fingerprint density at radius 1 is 1.27 bits per heavy atom. The average molecular weight is 329 g/mol. The second kappa shape index (κ2) is 17.4. The highest BCUT2D eigenvalue weighted by molar-refractivity contribution is 7.08. The van der Waals surface area contributed by atoms with Crippen LogP contribution in [0.4, 0.5) is 5.69 Å². The molecule has 0 fully saturated rings. The van der Waals surface area contributed by atoms with E-state index in [2.05, 4.69) is 23.9 Å². The Kier molecular flexibility index (Phi) is 17.8. The summed E-state index contributed by atoms with van der Waals surface area (Å²) in [6.45, 7) is 5.82. The third-order valence-corrected chi connectivity index (χ3v) is 3.00. The van der Waals surface area contributed by atoms with Gasteiger partial charge in [-0.15, -0.1) is 0 Å². The van der Waals surface area contributed by atoms with E-state index in [9.17, 15) is 14.4 Å². The molecule has 0 atom stereocenters. The SMILES string of the molecule is CCCCCC.COC(C)=O.O=CCC(=O)Nc1ccsc1. The van der Waals surface area contributed by atoms with E-state index in [-0.39, 0.29) is 18.3 Å². The Bertz CT molecular complexity index is 387. The van der Waals surface area contributed by atoms with Gasteiger partial charge in [-0.3, -0.25) is 9.59 Å². The fraction of sp³-hybridized carbons (Fsp3) is 0.562. The van der Waals surface area contributed by atoms with Crippen LogP contribution in [0.1, 0.15) is 52.9 Å². The molecule has 0 radical (unpaired) electrons. The lowest BCUT2D eigenvalue weighted by Gasteiger charge is -1.96. The molecule has 1 rings (SSSR count). The number of methoxy groups -OCH3 is 1. The number of anilines is 1. The Hall–Kier alpha value is -1.69. The number of nitrogens with one attached hydrogen (secondary N) is 1. The molecular weight excluding hydrogens is 302 g/mol. The zero-order valence-corrected chi connectivity index (χ0v) is 14.7. The number of hydrogen-bond acceptors (Lipinski definition) is 5. The van der Waals surface area contributed by atoms with Gasteiger partial charge < -0.3 is 14.8 Å². The Balaban J connectivity index is 0. The number of carbonyl (C=O) groups is 3. The zero-order valence-electron chi connectivity index (χ0n) is 13.9. The van der Waals surface area contributed by atoms with Gasteiger partial charge in [-0.1, -0.05) is 39.5 Å². The monoisotopic (exact) mass is 329 g/mol. The van der Waals surface area contributed by atoms with Crippen LogP contribution < -0.4 is 5.32 Å². The molecule has 0 aromatic carbocycles. The molecule has 6 heteroatoms. The normalized spacial score (nSPS) is 8.55. The smallest absolute Gasteiger partial charge is 0.302 e. The molecule has 0 saturated carbocycles. The molecule has 1 aromatic rings. The summed E-state index contributed by atoms with van der Waals surface area (Å²) in [7, 11) is 1.35. The summed E-state index contributed by atoms with van der Waals surface area (Å²) >= 11 is 1.50. The molecule has 0 unspecified atom stereocenters.